The van der Waals surface area contributed by atoms with Gasteiger partial charge in [0.1, 0.15) is 11.6 Å². The standard InChI is InChI=1S/C59H55N3OS/c1-57(2,3)35-36-21-25-44-39(31-36)22-26-45-46-29-30-60-52(55(46)64-54(44)45)40-18-13-17-38(32-40)43-19-14-20-50-53(43)61-56(48-34-42(59(7,8)9)24-28-51(48)63)62(50)49-27-23-41(58(4,5)6)33-47(49)37-15-11-10-12-16-37/h10-34,63H,35H2,1-9H3. The van der Waals surface area contributed by atoms with E-state index in [1.165, 1.54) is 42.1 Å². The van der Waals surface area contributed by atoms with Gasteiger partial charge in [-0.15, -0.1) is 11.3 Å². The molecular formula is C59H55N3OS. The highest BCUT2D eigenvalue weighted by atomic mass is 32.1. The molecule has 0 saturated heterocycles. The van der Waals surface area contributed by atoms with Crippen LogP contribution in [0.1, 0.15) is 79.0 Å². The Labute approximate surface area is 380 Å². The van der Waals surface area contributed by atoms with Gasteiger partial charge in [-0.25, -0.2) is 4.98 Å². The fourth-order valence-electron chi connectivity index (χ4n) is 9.29. The van der Waals surface area contributed by atoms with Crippen molar-refractivity contribution in [3.05, 3.63) is 168 Å². The van der Waals surface area contributed by atoms with Gasteiger partial charge >= 0.3 is 0 Å². The second-order valence-electron chi connectivity index (χ2n) is 20.7. The lowest BCUT2D eigenvalue weighted by molar-refractivity contribution is 0.411. The Morgan fingerprint density at radius 1 is 0.547 bits per heavy atom. The minimum Gasteiger partial charge on any atom is -0.507 e. The summed E-state index contributed by atoms with van der Waals surface area (Å²) in [6.07, 6.45) is 2.99. The van der Waals surface area contributed by atoms with Crippen LogP contribution in [0.4, 0.5) is 0 Å². The van der Waals surface area contributed by atoms with E-state index >= 15 is 0 Å². The van der Waals surface area contributed by atoms with E-state index in [0.717, 1.165) is 62.2 Å². The van der Waals surface area contributed by atoms with Gasteiger partial charge < -0.3 is 5.11 Å². The van der Waals surface area contributed by atoms with Crippen molar-refractivity contribution >= 4 is 53.3 Å². The van der Waals surface area contributed by atoms with E-state index in [-0.39, 0.29) is 22.0 Å². The van der Waals surface area contributed by atoms with Crippen LogP contribution in [0, 0.1) is 5.41 Å². The van der Waals surface area contributed by atoms with Crippen LogP contribution in [0.5, 0.6) is 5.75 Å². The van der Waals surface area contributed by atoms with Crippen molar-refractivity contribution in [2.75, 3.05) is 0 Å². The zero-order valence-corrected chi connectivity index (χ0v) is 39.2. The van der Waals surface area contributed by atoms with Crippen molar-refractivity contribution in [3.63, 3.8) is 0 Å². The predicted molar refractivity (Wildman–Crippen MR) is 273 cm³/mol. The van der Waals surface area contributed by atoms with E-state index in [4.69, 9.17) is 9.97 Å². The molecule has 0 aliphatic carbocycles. The Bertz CT molecular complexity index is 3420. The number of phenolic OH excluding ortho intramolecular Hbond substituents is 1. The third-order valence-corrected chi connectivity index (χ3v) is 13.9. The van der Waals surface area contributed by atoms with Crippen molar-refractivity contribution in [2.24, 2.45) is 5.41 Å². The molecule has 1 N–H and O–H groups in total. The fourth-order valence-corrected chi connectivity index (χ4v) is 10.6. The second-order valence-corrected chi connectivity index (χ2v) is 21.7. The SMILES string of the molecule is CC(C)(C)Cc1ccc2c(ccc3c4ccnc(-c5cccc(-c6cccc7c6nc(-c6cc(C(C)(C)C)ccc6O)n7-c6ccc(C(C)(C)C)cc6-c6ccccc6)c5)c4sc23)c1. The molecule has 0 atom stereocenters. The second kappa shape index (κ2) is 15.3. The van der Waals surface area contributed by atoms with Gasteiger partial charge in [-0.1, -0.05) is 165 Å². The molecule has 3 heterocycles. The number of thiophene rings is 1. The summed E-state index contributed by atoms with van der Waals surface area (Å²) < 4.78 is 4.74. The zero-order valence-electron chi connectivity index (χ0n) is 38.3. The number of hydrogen-bond acceptors (Lipinski definition) is 4. The maximum atomic E-state index is 11.7. The average molecular weight is 854 g/mol. The maximum Gasteiger partial charge on any atom is 0.149 e. The van der Waals surface area contributed by atoms with Crippen LogP contribution in [0.15, 0.2) is 152 Å². The molecule has 318 valence electrons. The lowest BCUT2D eigenvalue weighted by atomic mass is 9.84. The molecule has 0 amide bonds. The molecule has 4 nitrogen and oxygen atoms in total. The quantitative estimate of drug-likeness (QED) is 0.181. The van der Waals surface area contributed by atoms with Gasteiger partial charge in [0, 0.05) is 38.4 Å². The largest absolute Gasteiger partial charge is 0.507 e. The topological polar surface area (TPSA) is 50.9 Å². The molecule has 0 radical (unpaired) electrons. The number of nitrogens with zero attached hydrogens (tertiary/aromatic N) is 3. The Morgan fingerprint density at radius 2 is 1.22 bits per heavy atom. The summed E-state index contributed by atoms with van der Waals surface area (Å²) in [6, 6.07) is 52.3. The molecule has 3 aromatic heterocycles. The van der Waals surface area contributed by atoms with Crippen molar-refractivity contribution in [1.82, 2.24) is 14.5 Å². The van der Waals surface area contributed by atoms with Crippen LogP contribution in [0.2, 0.25) is 0 Å². The number of phenols is 1. The lowest BCUT2D eigenvalue weighted by Gasteiger charge is -2.23. The van der Waals surface area contributed by atoms with E-state index in [2.05, 4.69) is 200 Å². The number of rotatable bonds is 6. The van der Waals surface area contributed by atoms with Gasteiger partial charge in [0.25, 0.3) is 0 Å². The Kier molecular flexibility index (Phi) is 9.92. The first kappa shape index (κ1) is 41.5. The smallest absolute Gasteiger partial charge is 0.149 e. The molecule has 10 rings (SSSR count). The number of imidazole rings is 1. The predicted octanol–water partition coefficient (Wildman–Crippen LogP) is 16.5. The molecule has 0 unspecified atom stereocenters. The summed E-state index contributed by atoms with van der Waals surface area (Å²) in [6.45, 7) is 20.3. The highest BCUT2D eigenvalue weighted by Crippen LogP contribution is 2.45. The number of aromatic nitrogens is 3. The number of aromatic hydroxyl groups is 1. The normalized spacial score (nSPS) is 12.6. The van der Waals surface area contributed by atoms with Crippen molar-refractivity contribution < 1.29 is 5.11 Å². The first-order chi connectivity index (χ1) is 30.5. The minimum atomic E-state index is -0.136. The third kappa shape index (κ3) is 7.46. The van der Waals surface area contributed by atoms with E-state index in [0.29, 0.717) is 11.4 Å². The molecule has 0 aliphatic heterocycles. The molecule has 0 fully saturated rings. The molecule has 64 heavy (non-hydrogen) atoms. The molecule has 0 aliphatic rings. The van der Waals surface area contributed by atoms with Crippen LogP contribution in [-0.4, -0.2) is 19.6 Å². The lowest BCUT2D eigenvalue weighted by Crippen LogP contribution is -2.12. The Hall–Kier alpha value is -6.56. The van der Waals surface area contributed by atoms with Crippen LogP contribution in [-0.2, 0) is 17.3 Å². The van der Waals surface area contributed by atoms with Gasteiger partial charge in [0.2, 0.25) is 0 Å². The highest BCUT2D eigenvalue weighted by Gasteiger charge is 2.26. The van der Waals surface area contributed by atoms with Crippen molar-refractivity contribution in [1.29, 1.82) is 0 Å². The van der Waals surface area contributed by atoms with Crippen molar-refractivity contribution in [3.8, 4) is 56.3 Å². The van der Waals surface area contributed by atoms with Gasteiger partial charge in [0.05, 0.1) is 32.7 Å². The number of para-hydroxylation sites is 1. The van der Waals surface area contributed by atoms with Gasteiger partial charge in [0.15, 0.2) is 0 Å². The summed E-state index contributed by atoms with van der Waals surface area (Å²) in [5, 5.41) is 16.8. The summed E-state index contributed by atoms with van der Waals surface area (Å²) in [7, 11) is 0. The summed E-state index contributed by atoms with van der Waals surface area (Å²) in [5.41, 5.74) is 13.6. The fraction of sp³-hybridized carbons (Fsp3) is 0.220. The van der Waals surface area contributed by atoms with Crippen LogP contribution in [0.25, 0.3) is 92.6 Å². The first-order valence-corrected chi connectivity index (χ1v) is 23.2. The molecular weight excluding hydrogens is 799 g/mol. The first-order valence-electron chi connectivity index (χ1n) is 22.4. The van der Waals surface area contributed by atoms with Crippen molar-refractivity contribution in [2.45, 2.75) is 79.6 Å². The number of pyridine rings is 1. The van der Waals surface area contributed by atoms with Gasteiger partial charge in [-0.3, -0.25) is 9.55 Å². The molecule has 5 heteroatoms. The zero-order chi connectivity index (χ0) is 44.7. The third-order valence-electron chi connectivity index (χ3n) is 12.6. The number of fused-ring (bicyclic) bond motifs is 6. The number of hydrogen-bond donors (Lipinski definition) is 1. The Balaban J connectivity index is 1.17. The molecule has 0 saturated carbocycles. The Morgan fingerprint density at radius 3 is 1.97 bits per heavy atom. The average Bonchev–Trinajstić information content (AvgIpc) is 3.84. The number of benzene rings is 7. The molecule has 0 spiro atoms. The van der Waals surface area contributed by atoms with E-state index < -0.39 is 0 Å². The van der Waals surface area contributed by atoms with Gasteiger partial charge in [-0.05, 0) is 104 Å². The van der Waals surface area contributed by atoms with Crippen LogP contribution in [0.3, 0.4) is 0 Å². The van der Waals surface area contributed by atoms with Crippen LogP contribution < -0.4 is 0 Å². The summed E-state index contributed by atoms with van der Waals surface area (Å²) in [5.74, 6) is 0.888. The molecule has 10 aromatic rings. The van der Waals surface area contributed by atoms with E-state index in [1.54, 1.807) is 0 Å². The van der Waals surface area contributed by atoms with E-state index in [9.17, 15) is 5.11 Å². The minimum absolute atomic E-state index is 0.0574. The summed E-state index contributed by atoms with van der Waals surface area (Å²) in [4.78, 5) is 10.6. The maximum absolute atomic E-state index is 11.7. The molecule has 0 bridgehead atoms. The monoisotopic (exact) mass is 853 g/mol. The highest BCUT2D eigenvalue weighted by molar-refractivity contribution is 7.27. The van der Waals surface area contributed by atoms with E-state index in [1.807, 2.05) is 29.7 Å². The molecule has 7 aromatic carbocycles. The van der Waals surface area contributed by atoms with Crippen LogP contribution >= 0.6 is 11.3 Å². The summed E-state index contributed by atoms with van der Waals surface area (Å²) >= 11 is 1.84. The van der Waals surface area contributed by atoms with Gasteiger partial charge in [-0.2, -0.15) is 0 Å².